The van der Waals surface area contributed by atoms with Gasteiger partial charge in [-0.3, -0.25) is 14.9 Å². The minimum absolute atomic E-state index is 0.161. The molecule has 4 nitrogen and oxygen atoms in total. The average molecular weight is 342 g/mol. The van der Waals surface area contributed by atoms with Crippen LogP contribution in [0.1, 0.15) is 92.4 Å². The maximum absolute atomic E-state index is 10.8. The molecule has 0 saturated carbocycles. The smallest absolute Gasteiger partial charge is 0.269 e. The Morgan fingerprint density at radius 2 is 1.21 bits per heavy atom. The molecule has 0 aromatic heterocycles. The standard InChI is InChI=1S/C20H39NO3/c1-16(2)9-6-10-17(3)11-7-12-18(4)13-8-14-19(5)20(15-22)21(23)24/h15-20H,6-14H2,1-5H3. The molecule has 0 aromatic carbocycles. The lowest BCUT2D eigenvalue weighted by Crippen LogP contribution is -2.28. The van der Waals surface area contributed by atoms with Crippen molar-refractivity contribution < 1.29 is 9.72 Å². The number of carbonyl (C=O) groups excluding carboxylic acids is 1. The van der Waals surface area contributed by atoms with Gasteiger partial charge in [-0.25, -0.2) is 0 Å². The van der Waals surface area contributed by atoms with Crippen LogP contribution in [0.5, 0.6) is 0 Å². The van der Waals surface area contributed by atoms with E-state index in [1.165, 1.54) is 38.5 Å². The highest BCUT2D eigenvalue weighted by molar-refractivity contribution is 5.55. The Kier molecular flexibility index (Phi) is 12.9. The van der Waals surface area contributed by atoms with Crippen LogP contribution in [0.15, 0.2) is 0 Å². The van der Waals surface area contributed by atoms with E-state index in [4.69, 9.17) is 0 Å². The van der Waals surface area contributed by atoms with Gasteiger partial charge < -0.3 is 0 Å². The van der Waals surface area contributed by atoms with E-state index < -0.39 is 11.0 Å². The minimum atomic E-state index is -1.04. The Labute approximate surface area is 148 Å². The number of nitro groups is 1. The van der Waals surface area contributed by atoms with Crippen molar-refractivity contribution in [2.24, 2.45) is 23.7 Å². The summed E-state index contributed by atoms with van der Waals surface area (Å²) in [5.41, 5.74) is 0. The molecular weight excluding hydrogens is 302 g/mol. The fourth-order valence-electron chi connectivity index (χ4n) is 3.33. The molecule has 0 fully saturated rings. The van der Waals surface area contributed by atoms with Gasteiger partial charge in [-0.1, -0.05) is 86.0 Å². The third-order valence-electron chi connectivity index (χ3n) is 5.19. The van der Waals surface area contributed by atoms with Gasteiger partial charge in [0.2, 0.25) is 0 Å². The van der Waals surface area contributed by atoms with Crippen LogP contribution in [-0.4, -0.2) is 17.3 Å². The van der Waals surface area contributed by atoms with Gasteiger partial charge in [0.15, 0.2) is 6.29 Å². The maximum Gasteiger partial charge on any atom is 0.269 e. The van der Waals surface area contributed by atoms with E-state index in [0.717, 1.165) is 31.1 Å². The van der Waals surface area contributed by atoms with Crippen LogP contribution < -0.4 is 0 Å². The molecule has 0 aliphatic carbocycles. The van der Waals surface area contributed by atoms with E-state index in [9.17, 15) is 14.9 Å². The van der Waals surface area contributed by atoms with Crippen LogP contribution in [-0.2, 0) is 4.79 Å². The van der Waals surface area contributed by atoms with Gasteiger partial charge >= 0.3 is 0 Å². The first-order valence-electron chi connectivity index (χ1n) is 9.86. The molecule has 0 N–H and O–H groups in total. The molecule has 0 aliphatic heterocycles. The SMILES string of the molecule is CC(C)CCCC(C)CCCC(C)CCCC(C)C(C=O)[N+](=O)[O-]. The molecule has 0 heterocycles. The second-order valence-corrected chi connectivity index (χ2v) is 8.29. The first-order chi connectivity index (χ1) is 11.3. The highest BCUT2D eigenvalue weighted by atomic mass is 16.6. The number of hydrogen-bond acceptors (Lipinski definition) is 3. The van der Waals surface area contributed by atoms with E-state index >= 15 is 0 Å². The van der Waals surface area contributed by atoms with E-state index in [0.29, 0.717) is 12.2 Å². The summed E-state index contributed by atoms with van der Waals surface area (Å²) in [6.45, 7) is 11.0. The predicted octanol–water partition coefficient (Wildman–Crippen LogP) is 5.91. The average Bonchev–Trinajstić information content (AvgIpc) is 2.47. The van der Waals surface area contributed by atoms with Crippen molar-refractivity contribution in [3.63, 3.8) is 0 Å². The summed E-state index contributed by atoms with van der Waals surface area (Å²) < 4.78 is 0. The van der Waals surface area contributed by atoms with Gasteiger partial charge in [0, 0.05) is 10.8 Å². The maximum atomic E-state index is 10.8. The van der Waals surface area contributed by atoms with Crippen LogP contribution in [0, 0.1) is 33.8 Å². The van der Waals surface area contributed by atoms with Gasteiger partial charge in [0.1, 0.15) is 0 Å². The van der Waals surface area contributed by atoms with Crippen molar-refractivity contribution in [1.82, 2.24) is 0 Å². The lowest BCUT2D eigenvalue weighted by atomic mass is 9.90. The fraction of sp³-hybridized carbons (Fsp3) is 0.950. The van der Waals surface area contributed by atoms with Crippen molar-refractivity contribution >= 4 is 6.29 Å². The normalized spacial score (nSPS) is 16.6. The summed E-state index contributed by atoms with van der Waals surface area (Å²) in [5.74, 6) is 2.15. The van der Waals surface area contributed by atoms with Crippen LogP contribution in [0.4, 0.5) is 0 Å². The van der Waals surface area contributed by atoms with E-state index in [2.05, 4.69) is 27.7 Å². The van der Waals surface area contributed by atoms with Gasteiger partial charge in [0.25, 0.3) is 6.04 Å². The second kappa shape index (κ2) is 13.4. The Morgan fingerprint density at radius 3 is 1.58 bits per heavy atom. The zero-order valence-corrected chi connectivity index (χ0v) is 16.5. The zero-order chi connectivity index (χ0) is 18.5. The Hall–Kier alpha value is -0.930. The highest BCUT2D eigenvalue weighted by Crippen LogP contribution is 2.22. The summed E-state index contributed by atoms with van der Waals surface area (Å²) in [5, 5.41) is 10.8. The fourth-order valence-corrected chi connectivity index (χ4v) is 3.33. The first kappa shape index (κ1) is 23.1. The lowest BCUT2D eigenvalue weighted by Gasteiger charge is -2.16. The van der Waals surface area contributed by atoms with Crippen LogP contribution in [0.2, 0.25) is 0 Å². The molecule has 4 atom stereocenters. The molecule has 0 bridgehead atoms. The van der Waals surface area contributed by atoms with Crippen molar-refractivity contribution in [3.8, 4) is 0 Å². The predicted molar refractivity (Wildman–Crippen MR) is 101 cm³/mol. The van der Waals surface area contributed by atoms with Crippen molar-refractivity contribution in [2.75, 3.05) is 0 Å². The molecule has 0 radical (unpaired) electrons. The molecular formula is C20H39NO3. The molecule has 4 unspecified atom stereocenters. The largest absolute Gasteiger partial charge is 0.296 e. The van der Waals surface area contributed by atoms with Crippen LogP contribution in [0.25, 0.3) is 0 Å². The van der Waals surface area contributed by atoms with Gasteiger partial charge in [-0.2, -0.15) is 0 Å². The quantitative estimate of drug-likeness (QED) is 0.211. The van der Waals surface area contributed by atoms with E-state index in [-0.39, 0.29) is 5.92 Å². The highest BCUT2D eigenvalue weighted by Gasteiger charge is 2.26. The summed E-state index contributed by atoms with van der Waals surface area (Å²) >= 11 is 0. The van der Waals surface area contributed by atoms with E-state index in [1.54, 1.807) is 0 Å². The number of rotatable bonds is 15. The van der Waals surface area contributed by atoms with Gasteiger partial charge in [0.05, 0.1) is 0 Å². The number of hydrogen-bond donors (Lipinski definition) is 0. The molecule has 4 heteroatoms. The lowest BCUT2D eigenvalue weighted by molar-refractivity contribution is -0.514. The molecule has 24 heavy (non-hydrogen) atoms. The molecule has 0 aromatic rings. The zero-order valence-electron chi connectivity index (χ0n) is 16.5. The van der Waals surface area contributed by atoms with Crippen molar-refractivity contribution in [3.05, 3.63) is 10.1 Å². The van der Waals surface area contributed by atoms with Crippen LogP contribution in [0.3, 0.4) is 0 Å². The molecule has 142 valence electrons. The molecule has 0 saturated heterocycles. The summed E-state index contributed by atoms with van der Waals surface area (Å²) in [7, 11) is 0. The summed E-state index contributed by atoms with van der Waals surface area (Å²) in [6.07, 6.45) is 11.2. The Morgan fingerprint density at radius 1 is 0.792 bits per heavy atom. The Balaban J connectivity index is 3.74. The number of aldehydes is 1. The second-order valence-electron chi connectivity index (χ2n) is 8.29. The van der Waals surface area contributed by atoms with Crippen LogP contribution >= 0.6 is 0 Å². The minimum Gasteiger partial charge on any atom is -0.296 e. The monoisotopic (exact) mass is 341 g/mol. The first-order valence-corrected chi connectivity index (χ1v) is 9.86. The molecule has 0 rings (SSSR count). The third kappa shape index (κ3) is 11.6. The third-order valence-corrected chi connectivity index (χ3v) is 5.19. The molecule has 0 spiro atoms. The van der Waals surface area contributed by atoms with Crippen molar-refractivity contribution in [2.45, 2.75) is 98.4 Å². The topological polar surface area (TPSA) is 60.2 Å². The summed E-state index contributed by atoms with van der Waals surface area (Å²) in [6, 6.07) is -1.04. The van der Waals surface area contributed by atoms with Gasteiger partial charge in [-0.05, 0) is 24.2 Å². The molecule has 0 aliphatic rings. The van der Waals surface area contributed by atoms with Gasteiger partial charge in [-0.15, -0.1) is 0 Å². The number of carbonyl (C=O) groups is 1. The summed E-state index contributed by atoms with van der Waals surface area (Å²) in [4.78, 5) is 21.1. The number of nitrogens with zero attached hydrogens (tertiary/aromatic N) is 1. The Bertz CT molecular complexity index is 344. The van der Waals surface area contributed by atoms with E-state index in [1.807, 2.05) is 6.92 Å². The molecule has 0 amide bonds. The van der Waals surface area contributed by atoms with Crippen molar-refractivity contribution in [1.29, 1.82) is 0 Å².